The number of carbonyl (C=O) groups is 1. The van der Waals surface area contributed by atoms with Crippen molar-refractivity contribution in [2.24, 2.45) is 0 Å². The van der Waals surface area contributed by atoms with E-state index in [1.54, 1.807) is 26.8 Å². The van der Waals surface area contributed by atoms with Gasteiger partial charge in [-0.25, -0.2) is 4.39 Å². The number of rotatable bonds is 4. The summed E-state index contributed by atoms with van der Waals surface area (Å²) in [5.74, 6) is -0.546. The fraction of sp³-hybridized carbons (Fsp3) is 0.357. The van der Waals surface area contributed by atoms with Crippen LogP contribution in [0, 0.1) is 5.82 Å². The van der Waals surface area contributed by atoms with E-state index in [1.165, 1.54) is 12.1 Å². The number of ether oxygens (including phenoxy) is 1. The van der Waals surface area contributed by atoms with Crippen molar-refractivity contribution >= 4 is 21.9 Å². The summed E-state index contributed by atoms with van der Waals surface area (Å²) in [5, 5.41) is 3.80. The maximum absolute atomic E-state index is 13.4. The Bertz CT molecular complexity index is 650. The number of hydrogen-bond acceptors (Lipinski definition) is 5. The first kappa shape index (κ1) is 15.6. The van der Waals surface area contributed by atoms with E-state index in [4.69, 9.17) is 9.26 Å². The Kier molecular flexibility index (Phi) is 4.41. The van der Waals surface area contributed by atoms with Crippen LogP contribution in [0.1, 0.15) is 26.7 Å². The molecule has 0 aliphatic carbocycles. The number of benzene rings is 1. The van der Waals surface area contributed by atoms with Crippen molar-refractivity contribution in [2.45, 2.75) is 26.2 Å². The van der Waals surface area contributed by atoms with Gasteiger partial charge >= 0.3 is 5.97 Å². The number of carbonyl (C=O) groups excluding carboxylic acids is 1. The van der Waals surface area contributed by atoms with Gasteiger partial charge in [0.05, 0.1) is 6.61 Å². The van der Waals surface area contributed by atoms with Crippen molar-refractivity contribution < 1.29 is 18.4 Å². The monoisotopic (exact) mass is 356 g/mol. The lowest BCUT2D eigenvalue weighted by atomic mass is 9.94. The fourth-order valence-electron chi connectivity index (χ4n) is 1.68. The zero-order valence-corrected chi connectivity index (χ0v) is 13.4. The summed E-state index contributed by atoms with van der Waals surface area (Å²) < 4.78 is 24.1. The van der Waals surface area contributed by atoms with Gasteiger partial charge in [-0.2, -0.15) is 4.98 Å². The molecule has 0 fully saturated rings. The van der Waals surface area contributed by atoms with Crippen molar-refractivity contribution in [3.05, 3.63) is 34.4 Å². The van der Waals surface area contributed by atoms with Gasteiger partial charge in [-0.3, -0.25) is 4.79 Å². The SMILES string of the molecule is CCOC(=O)C(C)(C)c1nc(-c2cc(F)cc(Br)c2)no1. The van der Waals surface area contributed by atoms with Crippen molar-refractivity contribution in [1.29, 1.82) is 0 Å². The Morgan fingerprint density at radius 3 is 2.76 bits per heavy atom. The van der Waals surface area contributed by atoms with Crippen molar-refractivity contribution in [3.8, 4) is 11.4 Å². The third-order valence-electron chi connectivity index (χ3n) is 2.87. The van der Waals surface area contributed by atoms with E-state index in [0.717, 1.165) is 0 Å². The lowest BCUT2D eigenvalue weighted by Gasteiger charge is -2.16. The molecular formula is C14H14BrFN2O3. The topological polar surface area (TPSA) is 65.2 Å². The third kappa shape index (κ3) is 3.29. The molecular weight excluding hydrogens is 343 g/mol. The van der Waals surface area contributed by atoms with Crippen molar-refractivity contribution in [2.75, 3.05) is 6.61 Å². The van der Waals surface area contributed by atoms with Crippen LogP contribution in [-0.2, 0) is 14.9 Å². The third-order valence-corrected chi connectivity index (χ3v) is 3.33. The molecule has 0 radical (unpaired) electrons. The van der Waals surface area contributed by atoms with Crippen LogP contribution in [-0.4, -0.2) is 22.7 Å². The highest BCUT2D eigenvalue weighted by Gasteiger charge is 2.37. The maximum atomic E-state index is 13.4. The largest absolute Gasteiger partial charge is 0.465 e. The molecule has 0 aliphatic rings. The summed E-state index contributed by atoms with van der Waals surface area (Å²) >= 11 is 3.20. The molecule has 7 heteroatoms. The second kappa shape index (κ2) is 5.93. The van der Waals surface area contributed by atoms with Crippen LogP contribution >= 0.6 is 15.9 Å². The van der Waals surface area contributed by atoms with Crippen molar-refractivity contribution in [3.63, 3.8) is 0 Å². The molecule has 5 nitrogen and oxygen atoms in total. The van der Waals surface area contributed by atoms with Crippen molar-refractivity contribution in [1.82, 2.24) is 10.1 Å². The molecule has 0 aliphatic heterocycles. The van der Waals surface area contributed by atoms with Crippen LogP contribution in [0.4, 0.5) is 4.39 Å². The molecule has 2 aromatic rings. The molecule has 0 bridgehead atoms. The maximum Gasteiger partial charge on any atom is 0.321 e. The van der Waals surface area contributed by atoms with Gasteiger partial charge in [-0.1, -0.05) is 21.1 Å². The van der Waals surface area contributed by atoms with E-state index in [2.05, 4.69) is 26.1 Å². The molecule has 1 heterocycles. The predicted molar refractivity (Wildman–Crippen MR) is 77.1 cm³/mol. The summed E-state index contributed by atoms with van der Waals surface area (Å²) in [6.45, 7) is 5.24. The highest BCUT2D eigenvalue weighted by molar-refractivity contribution is 9.10. The summed E-state index contributed by atoms with van der Waals surface area (Å²) in [5.41, 5.74) is -0.609. The fourth-order valence-corrected chi connectivity index (χ4v) is 2.14. The minimum Gasteiger partial charge on any atom is -0.465 e. The second-order valence-corrected chi connectivity index (χ2v) is 5.84. The average Bonchev–Trinajstić information content (AvgIpc) is 2.88. The van der Waals surface area contributed by atoms with Crippen LogP contribution in [0.2, 0.25) is 0 Å². The highest BCUT2D eigenvalue weighted by Crippen LogP contribution is 2.27. The second-order valence-electron chi connectivity index (χ2n) is 4.93. The van der Waals surface area contributed by atoms with Crippen LogP contribution in [0.5, 0.6) is 0 Å². The summed E-state index contributed by atoms with van der Waals surface area (Å²) in [6, 6.07) is 4.28. The van der Waals surface area contributed by atoms with Gasteiger partial charge in [0.25, 0.3) is 0 Å². The molecule has 1 aromatic heterocycles. The molecule has 21 heavy (non-hydrogen) atoms. The van der Waals surface area contributed by atoms with Gasteiger partial charge in [0, 0.05) is 10.0 Å². The number of esters is 1. The first-order valence-electron chi connectivity index (χ1n) is 6.32. The first-order valence-corrected chi connectivity index (χ1v) is 7.11. The van der Waals surface area contributed by atoms with Gasteiger partial charge in [0.2, 0.25) is 11.7 Å². The normalized spacial score (nSPS) is 11.5. The number of hydrogen-bond donors (Lipinski definition) is 0. The number of halogens is 2. The predicted octanol–water partition coefficient (Wildman–Crippen LogP) is 3.48. The molecule has 1 aromatic carbocycles. The molecule has 0 saturated heterocycles. The Balaban J connectivity index is 2.35. The lowest BCUT2D eigenvalue weighted by molar-refractivity contribution is -0.149. The molecule has 0 saturated carbocycles. The average molecular weight is 357 g/mol. The van der Waals surface area contributed by atoms with E-state index in [9.17, 15) is 9.18 Å². The van der Waals surface area contributed by atoms with Crippen LogP contribution in [0.15, 0.2) is 27.2 Å². The molecule has 0 unspecified atom stereocenters. The molecule has 2 rings (SSSR count). The highest BCUT2D eigenvalue weighted by atomic mass is 79.9. The Labute approximate surface area is 129 Å². The van der Waals surface area contributed by atoms with Crippen LogP contribution < -0.4 is 0 Å². The van der Waals surface area contributed by atoms with Gasteiger partial charge in [-0.05, 0) is 39.0 Å². The Morgan fingerprint density at radius 2 is 2.14 bits per heavy atom. The molecule has 112 valence electrons. The molecule has 0 spiro atoms. The molecule has 0 N–H and O–H groups in total. The zero-order chi connectivity index (χ0) is 15.6. The van der Waals surface area contributed by atoms with Gasteiger partial charge in [-0.15, -0.1) is 0 Å². The van der Waals surface area contributed by atoms with E-state index in [1.807, 2.05) is 0 Å². The summed E-state index contributed by atoms with van der Waals surface area (Å²) in [7, 11) is 0. The summed E-state index contributed by atoms with van der Waals surface area (Å²) in [6.07, 6.45) is 0. The van der Waals surface area contributed by atoms with E-state index in [0.29, 0.717) is 10.0 Å². The summed E-state index contributed by atoms with van der Waals surface area (Å²) in [4.78, 5) is 16.1. The van der Waals surface area contributed by atoms with Gasteiger partial charge < -0.3 is 9.26 Å². The number of nitrogens with zero attached hydrogens (tertiary/aromatic N) is 2. The smallest absolute Gasteiger partial charge is 0.321 e. The van der Waals surface area contributed by atoms with Crippen LogP contribution in [0.25, 0.3) is 11.4 Å². The first-order chi connectivity index (χ1) is 9.84. The van der Waals surface area contributed by atoms with Gasteiger partial charge in [0.1, 0.15) is 11.2 Å². The van der Waals surface area contributed by atoms with Crippen LogP contribution in [0.3, 0.4) is 0 Å². The standard InChI is InChI=1S/C14H14BrFN2O3/c1-4-20-13(19)14(2,3)12-17-11(18-21-12)8-5-9(15)7-10(16)6-8/h5-7H,4H2,1-3H3. The Morgan fingerprint density at radius 1 is 1.43 bits per heavy atom. The van der Waals surface area contributed by atoms with E-state index in [-0.39, 0.29) is 18.3 Å². The molecule has 0 amide bonds. The molecule has 0 atom stereocenters. The van der Waals surface area contributed by atoms with E-state index >= 15 is 0 Å². The van der Waals surface area contributed by atoms with E-state index < -0.39 is 17.2 Å². The number of aromatic nitrogens is 2. The Hall–Kier alpha value is -1.76. The minimum atomic E-state index is -1.06. The lowest BCUT2D eigenvalue weighted by Crippen LogP contribution is -2.31. The quantitative estimate of drug-likeness (QED) is 0.784. The zero-order valence-electron chi connectivity index (χ0n) is 11.8. The minimum absolute atomic E-state index is 0.122. The van der Waals surface area contributed by atoms with Gasteiger partial charge in [0.15, 0.2) is 0 Å².